The van der Waals surface area contributed by atoms with Crippen LogP contribution in [0, 0.1) is 17.7 Å². The lowest BCUT2D eigenvalue weighted by atomic mass is 10.1. The fourth-order valence-electron chi connectivity index (χ4n) is 3.04. The van der Waals surface area contributed by atoms with Gasteiger partial charge in [0.2, 0.25) is 0 Å². The van der Waals surface area contributed by atoms with E-state index in [2.05, 4.69) is 21.6 Å². The standard InChI is InChI=1S/C24H27F4N3S.C2H6/c1-5-8-10-20-19-12-11-18(25)16-22(19)31(14-7-3)23(20)21(9-6-2)29-13-15-32-30-17(4)24(26,27)28;1-2/h6,9,11-13,15-17,30H,5,7,14H2,1-4H3;1-2H3/b9-6-,15-13+,29-21+;/t17-;/m1./s1. The van der Waals surface area contributed by atoms with Crippen LogP contribution in [0.15, 0.2) is 47.0 Å². The number of hydrogen-bond acceptors (Lipinski definition) is 3. The molecule has 0 saturated heterocycles. The van der Waals surface area contributed by atoms with Gasteiger partial charge in [-0.2, -0.15) is 13.2 Å². The van der Waals surface area contributed by atoms with E-state index in [1.54, 1.807) is 6.07 Å². The first-order valence-electron chi connectivity index (χ1n) is 11.4. The molecule has 0 aliphatic carbocycles. The molecule has 0 bridgehead atoms. The Morgan fingerprint density at radius 3 is 2.56 bits per heavy atom. The molecule has 1 aromatic carbocycles. The first-order valence-corrected chi connectivity index (χ1v) is 12.3. The highest BCUT2D eigenvalue weighted by molar-refractivity contribution is 8.00. The number of alkyl halides is 3. The highest BCUT2D eigenvalue weighted by Crippen LogP contribution is 2.28. The smallest absolute Gasteiger partial charge is 0.338 e. The third kappa shape index (κ3) is 8.07. The van der Waals surface area contributed by atoms with Gasteiger partial charge in [-0.05, 0) is 44.5 Å². The maximum atomic E-state index is 14.0. The number of hydrogen-bond donors (Lipinski definition) is 1. The normalized spacial score (nSPS) is 13.2. The Morgan fingerprint density at radius 1 is 1.26 bits per heavy atom. The summed E-state index contributed by atoms with van der Waals surface area (Å²) >= 11 is 0.817. The minimum absolute atomic E-state index is 0.334. The lowest BCUT2D eigenvalue weighted by molar-refractivity contribution is -0.146. The molecule has 0 unspecified atom stereocenters. The van der Waals surface area contributed by atoms with Gasteiger partial charge in [0.15, 0.2) is 0 Å². The second-order valence-corrected chi connectivity index (χ2v) is 7.73. The Balaban J connectivity index is 0.00000281. The number of rotatable bonds is 8. The van der Waals surface area contributed by atoms with Gasteiger partial charge in [-0.25, -0.2) is 9.11 Å². The van der Waals surface area contributed by atoms with Gasteiger partial charge < -0.3 is 4.57 Å². The van der Waals surface area contributed by atoms with Crippen LogP contribution < -0.4 is 4.72 Å². The van der Waals surface area contributed by atoms with Crippen molar-refractivity contribution in [2.75, 3.05) is 0 Å². The van der Waals surface area contributed by atoms with Gasteiger partial charge in [0.05, 0.1) is 22.5 Å². The lowest BCUT2D eigenvalue weighted by Gasteiger charge is -2.14. The van der Waals surface area contributed by atoms with Crippen molar-refractivity contribution in [2.24, 2.45) is 4.99 Å². The highest BCUT2D eigenvalue weighted by atomic mass is 32.2. The zero-order chi connectivity index (χ0) is 25.7. The topological polar surface area (TPSA) is 29.3 Å². The predicted octanol–water partition coefficient (Wildman–Crippen LogP) is 8.00. The molecular formula is C26H33F4N3S. The first-order chi connectivity index (χ1) is 16.2. The third-order valence-electron chi connectivity index (χ3n) is 4.51. The van der Waals surface area contributed by atoms with Crippen molar-refractivity contribution in [3.63, 3.8) is 0 Å². The average Bonchev–Trinajstić information content (AvgIpc) is 3.09. The van der Waals surface area contributed by atoms with Crippen molar-refractivity contribution in [3.8, 4) is 11.8 Å². The molecule has 1 atom stereocenters. The molecule has 0 spiro atoms. The fraction of sp³-hybridized carbons (Fsp3) is 0.423. The summed E-state index contributed by atoms with van der Waals surface area (Å²) in [6.45, 7) is 11.5. The number of fused-ring (bicyclic) bond motifs is 1. The summed E-state index contributed by atoms with van der Waals surface area (Å²) < 4.78 is 56.2. The number of aromatic nitrogens is 1. The van der Waals surface area contributed by atoms with Crippen LogP contribution in [-0.4, -0.2) is 22.5 Å². The molecule has 2 rings (SSSR count). The molecule has 0 saturated carbocycles. The van der Waals surface area contributed by atoms with E-state index in [9.17, 15) is 17.6 Å². The van der Waals surface area contributed by atoms with Gasteiger partial charge in [-0.1, -0.05) is 57.6 Å². The Morgan fingerprint density at radius 2 is 1.97 bits per heavy atom. The van der Waals surface area contributed by atoms with E-state index in [1.807, 2.05) is 51.3 Å². The number of allylic oxidation sites excluding steroid dienone is 2. The van der Waals surface area contributed by atoms with Crippen molar-refractivity contribution >= 4 is 28.6 Å². The van der Waals surface area contributed by atoms with Gasteiger partial charge in [0, 0.05) is 30.0 Å². The van der Waals surface area contributed by atoms with Crippen molar-refractivity contribution < 1.29 is 17.6 Å². The van der Waals surface area contributed by atoms with Gasteiger partial charge in [-0.15, -0.1) is 0 Å². The van der Waals surface area contributed by atoms with Crippen LogP contribution in [0.25, 0.3) is 10.9 Å². The first kappa shape index (κ1) is 29.5. The van der Waals surface area contributed by atoms with Gasteiger partial charge in [0.1, 0.15) is 11.9 Å². The molecule has 1 aromatic heterocycles. The zero-order valence-corrected chi connectivity index (χ0v) is 21.4. The van der Waals surface area contributed by atoms with E-state index in [-0.39, 0.29) is 5.82 Å². The van der Waals surface area contributed by atoms with E-state index in [0.29, 0.717) is 18.7 Å². The molecule has 0 aliphatic rings. The maximum Gasteiger partial charge on any atom is 0.404 e. The molecule has 2 aromatic rings. The average molecular weight is 496 g/mol. The van der Waals surface area contributed by atoms with Gasteiger partial charge >= 0.3 is 6.18 Å². The second kappa shape index (κ2) is 14.7. The van der Waals surface area contributed by atoms with E-state index in [4.69, 9.17) is 0 Å². The largest absolute Gasteiger partial charge is 0.404 e. The lowest BCUT2D eigenvalue weighted by Crippen LogP contribution is -2.35. The molecule has 34 heavy (non-hydrogen) atoms. The van der Waals surface area contributed by atoms with Crippen LogP contribution in [0.5, 0.6) is 0 Å². The number of nitrogens with zero attached hydrogens (tertiary/aromatic N) is 2. The SMILES string of the molecule is CC.C\C=C/C(=N\C=C\SN[C@H](C)C(F)(F)F)c1c(C#CCC)c2ccc(F)cc2n1CCC. The maximum absolute atomic E-state index is 14.0. The molecule has 3 nitrogen and oxygen atoms in total. The van der Waals surface area contributed by atoms with Crippen LogP contribution >= 0.6 is 11.9 Å². The highest BCUT2D eigenvalue weighted by Gasteiger charge is 2.35. The molecular weight excluding hydrogens is 462 g/mol. The molecule has 0 amide bonds. The Hall–Kier alpha value is -2.50. The van der Waals surface area contributed by atoms with Crippen molar-refractivity contribution in [3.05, 3.63) is 59.0 Å². The summed E-state index contributed by atoms with van der Waals surface area (Å²) in [5.41, 5.74) is 2.85. The quantitative estimate of drug-likeness (QED) is 0.174. The van der Waals surface area contributed by atoms with Crippen LogP contribution in [0.2, 0.25) is 0 Å². The van der Waals surface area contributed by atoms with Crippen molar-refractivity contribution in [1.82, 2.24) is 9.29 Å². The molecule has 0 aliphatic heterocycles. The number of benzene rings is 1. The fourth-order valence-corrected chi connectivity index (χ4v) is 3.58. The second-order valence-electron chi connectivity index (χ2n) is 6.99. The Kier molecular flexibility index (Phi) is 12.8. The summed E-state index contributed by atoms with van der Waals surface area (Å²) in [7, 11) is 0. The monoisotopic (exact) mass is 495 g/mol. The molecule has 8 heteroatoms. The van der Waals surface area contributed by atoms with Crippen molar-refractivity contribution in [1.29, 1.82) is 0 Å². The third-order valence-corrected chi connectivity index (χ3v) is 5.26. The molecule has 186 valence electrons. The van der Waals surface area contributed by atoms with Crippen LogP contribution in [0.4, 0.5) is 17.6 Å². The summed E-state index contributed by atoms with van der Waals surface area (Å²) in [5.74, 6) is 5.96. The van der Waals surface area contributed by atoms with E-state index in [0.717, 1.165) is 47.5 Å². The molecule has 1 N–H and O–H groups in total. The zero-order valence-electron chi connectivity index (χ0n) is 20.6. The minimum Gasteiger partial charge on any atom is -0.338 e. The molecule has 0 fully saturated rings. The predicted molar refractivity (Wildman–Crippen MR) is 137 cm³/mol. The van der Waals surface area contributed by atoms with Crippen LogP contribution in [0.3, 0.4) is 0 Å². The summed E-state index contributed by atoms with van der Waals surface area (Å²) in [6, 6.07) is 2.99. The summed E-state index contributed by atoms with van der Waals surface area (Å²) in [6.07, 6.45) is 2.26. The molecule has 0 radical (unpaired) electrons. The number of halogens is 4. The van der Waals surface area contributed by atoms with Crippen molar-refractivity contribution in [2.45, 2.75) is 73.1 Å². The minimum atomic E-state index is -4.32. The van der Waals surface area contributed by atoms with Crippen LogP contribution in [0.1, 0.15) is 65.6 Å². The van der Waals surface area contributed by atoms with Gasteiger partial charge in [-0.3, -0.25) is 4.99 Å². The number of aryl methyl sites for hydroxylation is 1. The van der Waals surface area contributed by atoms with E-state index >= 15 is 0 Å². The number of nitrogens with one attached hydrogen (secondary N) is 1. The Bertz CT molecular complexity index is 1070. The Labute approximate surface area is 204 Å². The summed E-state index contributed by atoms with van der Waals surface area (Å²) in [4.78, 5) is 4.50. The summed E-state index contributed by atoms with van der Waals surface area (Å²) in [5, 5.41) is 2.29. The number of aliphatic imine (C=N–C) groups is 1. The molecule has 1 heterocycles. The van der Waals surface area contributed by atoms with Gasteiger partial charge in [0.25, 0.3) is 0 Å². The van der Waals surface area contributed by atoms with E-state index < -0.39 is 12.2 Å². The van der Waals surface area contributed by atoms with E-state index in [1.165, 1.54) is 23.7 Å². The van der Waals surface area contributed by atoms with Crippen LogP contribution in [-0.2, 0) is 6.54 Å².